The van der Waals surface area contributed by atoms with Gasteiger partial charge in [-0.05, 0) is 59.2 Å². The predicted molar refractivity (Wildman–Crippen MR) is 182 cm³/mol. The van der Waals surface area contributed by atoms with Crippen LogP contribution in [0.4, 0.5) is 10.1 Å². The van der Waals surface area contributed by atoms with E-state index in [1.165, 1.54) is 16.6 Å². The zero-order chi connectivity index (χ0) is 32.1. The third kappa shape index (κ3) is 7.23. The first-order valence-corrected chi connectivity index (χ1v) is 17.0. The first kappa shape index (κ1) is 31.3. The van der Waals surface area contributed by atoms with Crippen molar-refractivity contribution < 1.29 is 22.7 Å². The number of ether oxygens (including phenoxy) is 1. The minimum absolute atomic E-state index is 0.199. The van der Waals surface area contributed by atoms with Crippen LogP contribution in [0.2, 0.25) is 0 Å². The lowest BCUT2D eigenvalue weighted by Gasteiger charge is -2.24. The molecule has 7 nitrogen and oxygen atoms in total. The lowest BCUT2D eigenvalue weighted by Crippen LogP contribution is -2.29. The number of aromatic nitrogens is 1. The molecule has 6 aromatic rings. The molecule has 0 aliphatic heterocycles. The average molecular weight is 638 g/mol. The van der Waals surface area contributed by atoms with Gasteiger partial charge in [0, 0.05) is 36.5 Å². The van der Waals surface area contributed by atoms with Crippen LogP contribution in [-0.4, -0.2) is 44.0 Å². The molecule has 2 N–H and O–H groups in total. The molecule has 1 heterocycles. The number of aliphatic hydroxyl groups excluding tert-OH is 1. The highest BCUT2D eigenvalue weighted by molar-refractivity contribution is 7.92. The van der Waals surface area contributed by atoms with Crippen LogP contribution in [0, 0.1) is 5.82 Å². The second kappa shape index (κ2) is 13.7. The number of halogens is 1. The van der Waals surface area contributed by atoms with Crippen molar-refractivity contribution in [3.63, 3.8) is 0 Å². The fraction of sp³-hybridized carbons (Fsp3) is 0.189. The number of anilines is 1. The molecular weight excluding hydrogens is 601 g/mol. The number of fused-ring (bicyclic) bond motifs is 3. The zero-order valence-corrected chi connectivity index (χ0v) is 26.3. The maximum atomic E-state index is 14.3. The molecule has 0 amide bonds. The summed E-state index contributed by atoms with van der Waals surface area (Å²) in [6.45, 7) is 1.91. The van der Waals surface area contributed by atoms with E-state index in [4.69, 9.17) is 4.74 Å². The van der Waals surface area contributed by atoms with Gasteiger partial charge in [-0.2, -0.15) is 0 Å². The molecule has 0 radical (unpaired) electrons. The highest BCUT2D eigenvalue weighted by Crippen LogP contribution is 2.33. The van der Waals surface area contributed by atoms with Crippen molar-refractivity contribution in [3.8, 4) is 5.75 Å². The van der Waals surface area contributed by atoms with Gasteiger partial charge in [0.15, 0.2) is 0 Å². The number of sulfonamides is 1. The van der Waals surface area contributed by atoms with Gasteiger partial charge in [0.25, 0.3) is 0 Å². The lowest BCUT2D eigenvalue weighted by atomic mass is 10.1. The number of aliphatic hydroxyl groups is 1. The number of benzene rings is 5. The molecule has 1 aromatic heterocycles. The highest BCUT2D eigenvalue weighted by atomic mass is 32.2. The van der Waals surface area contributed by atoms with E-state index in [9.17, 15) is 17.9 Å². The van der Waals surface area contributed by atoms with Crippen LogP contribution in [-0.2, 0) is 23.1 Å². The monoisotopic (exact) mass is 637 g/mol. The molecule has 0 saturated heterocycles. The van der Waals surface area contributed by atoms with E-state index in [2.05, 4.69) is 22.0 Å². The van der Waals surface area contributed by atoms with Crippen LogP contribution >= 0.6 is 0 Å². The molecule has 9 heteroatoms. The molecule has 5 aromatic carbocycles. The maximum absolute atomic E-state index is 14.3. The van der Waals surface area contributed by atoms with E-state index >= 15 is 0 Å². The van der Waals surface area contributed by atoms with Gasteiger partial charge in [-0.25, -0.2) is 12.8 Å². The van der Waals surface area contributed by atoms with Gasteiger partial charge < -0.3 is 19.7 Å². The summed E-state index contributed by atoms with van der Waals surface area (Å²) in [5, 5.41) is 16.1. The van der Waals surface area contributed by atoms with Gasteiger partial charge in [0.2, 0.25) is 10.0 Å². The minimum Gasteiger partial charge on any atom is -0.492 e. The molecule has 6 rings (SSSR count). The largest absolute Gasteiger partial charge is 0.492 e. The first-order valence-electron chi connectivity index (χ1n) is 15.1. The van der Waals surface area contributed by atoms with Crippen LogP contribution < -0.4 is 14.4 Å². The van der Waals surface area contributed by atoms with Crippen molar-refractivity contribution in [1.82, 2.24) is 9.88 Å². The van der Waals surface area contributed by atoms with Crippen molar-refractivity contribution >= 4 is 37.5 Å². The number of hydrogen-bond acceptors (Lipinski definition) is 5. The fourth-order valence-corrected chi connectivity index (χ4v) is 6.59. The standard InChI is InChI=1S/C37H36FN3O4S/c1-46(43,44)41(26-28-11-6-3-7-12-28)31-14-8-13-29(21-31)37(42)24-39-19-20-45-32-16-18-34-33-17-15-30(38)22-35(33)40(36(34)23-32)25-27-9-4-2-5-10-27/h2-18,21-23,37,39,42H,19-20,24-26H2,1H3/t37-/m0/s1. The SMILES string of the molecule is CS(=O)(=O)N(Cc1ccccc1)c1cccc([C@@H](O)CNCCOc2ccc3c4ccc(F)cc4n(Cc4ccccc4)c3c2)c1. The maximum Gasteiger partial charge on any atom is 0.232 e. The number of rotatable bonds is 13. The van der Waals surface area contributed by atoms with Crippen LogP contribution in [0.15, 0.2) is 121 Å². The molecule has 0 unspecified atom stereocenters. The summed E-state index contributed by atoms with van der Waals surface area (Å²) >= 11 is 0. The summed E-state index contributed by atoms with van der Waals surface area (Å²) in [7, 11) is -3.55. The molecule has 0 aliphatic rings. The Labute approximate surface area is 268 Å². The van der Waals surface area contributed by atoms with Crippen molar-refractivity contribution in [1.29, 1.82) is 0 Å². The molecule has 0 aliphatic carbocycles. The molecule has 46 heavy (non-hydrogen) atoms. The van der Waals surface area contributed by atoms with Crippen molar-refractivity contribution in [2.45, 2.75) is 19.2 Å². The Morgan fingerprint density at radius 2 is 1.50 bits per heavy atom. The van der Waals surface area contributed by atoms with E-state index in [0.717, 1.165) is 32.9 Å². The van der Waals surface area contributed by atoms with Crippen LogP contribution in [0.3, 0.4) is 0 Å². The molecule has 236 valence electrons. The Balaban J connectivity index is 1.09. The Kier molecular flexibility index (Phi) is 9.35. The molecular formula is C37H36FN3O4S. The zero-order valence-electron chi connectivity index (χ0n) is 25.5. The Hall–Kier alpha value is -4.70. The average Bonchev–Trinajstić information content (AvgIpc) is 3.35. The molecule has 0 saturated carbocycles. The van der Waals surface area contributed by atoms with E-state index in [1.54, 1.807) is 30.3 Å². The van der Waals surface area contributed by atoms with Gasteiger partial charge in [0.1, 0.15) is 18.2 Å². The smallest absolute Gasteiger partial charge is 0.232 e. The Morgan fingerprint density at radius 3 is 2.22 bits per heavy atom. The summed E-state index contributed by atoms with van der Waals surface area (Å²) in [5.74, 6) is 0.417. The van der Waals surface area contributed by atoms with E-state index in [-0.39, 0.29) is 18.9 Å². The summed E-state index contributed by atoms with van der Waals surface area (Å²) in [4.78, 5) is 0. The Bertz CT molecular complexity index is 2050. The summed E-state index contributed by atoms with van der Waals surface area (Å²) in [5.41, 5.74) is 4.88. The quantitative estimate of drug-likeness (QED) is 0.139. The number of nitrogens with zero attached hydrogens (tertiary/aromatic N) is 2. The molecule has 0 spiro atoms. The highest BCUT2D eigenvalue weighted by Gasteiger charge is 2.19. The van der Waals surface area contributed by atoms with E-state index in [0.29, 0.717) is 36.7 Å². The van der Waals surface area contributed by atoms with E-state index < -0.39 is 16.1 Å². The van der Waals surface area contributed by atoms with Crippen LogP contribution in [0.25, 0.3) is 21.8 Å². The van der Waals surface area contributed by atoms with Gasteiger partial charge in [-0.3, -0.25) is 4.31 Å². The van der Waals surface area contributed by atoms with Crippen molar-refractivity contribution in [2.24, 2.45) is 0 Å². The van der Waals surface area contributed by atoms with Crippen LogP contribution in [0.5, 0.6) is 5.75 Å². The first-order chi connectivity index (χ1) is 22.3. The number of hydrogen-bond donors (Lipinski definition) is 2. The van der Waals surface area contributed by atoms with Gasteiger partial charge in [-0.1, -0.05) is 72.8 Å². The fourth-order valence-electron chi connectivity index (χ4n) is 5.71. The normalized spacial score (nSPS) is 12.4. The van der Waals surface area contributed by atoms with Gasteiger partial charge in [0.05, 0.1) is 35.6 Å². The molecule has 1 atom stereocenters. The molecule has 0 bridgehead atoms. The van der Waals surface area contributed by atoms with Crippen LogP contribution in [0.1, 0.15) is 22.8 Å². The second-order valence-corrected chi connectivity index (χ2v) is 13.2. The predicted octanol–water partition coefficient (Wildman–Crippen LogP) is 6.65. The molecule has 0 fully saturated rings. The van der Waals surface area contributed by atoms with Crippen molar-refractivity contribution in [2.75, 3.05) is 30.3 Å². The third-order valence-corrected chi connectivity index (χ3v) is 9.12. The van der Waals surface area contributed by atoms with Gasteiger partial charge in [-0.15, -0.1) is 0 Å². The summed E-state index contributed by atoms with van der Waals surface area (Å²) < 4.78 is 49.0. The summed E-state index contributed by atoms with van der Waals surface area (Å²) in [6.07, 6.45) is 0.338. The summed E-state index contributed by atoms with van der Waals surface area (Å²) in [6, 6.07) is 37.2. The minimum atomic E-state index is -3.55. The second-order valence-electron chi connectivity index (χ2n) is 11.3. The third-order valence-electron chi connectivity index (χ3n) is 7.98. The van der Waals surface area contributed by atoms with E-state index in [1.807, 2.05) is 72.8 Å². The topological polar surface area (TPSA) is 83.8 Å². The Morgan fingerprint density at radius 1 is 0.826 bits per heavy atom. The lowest BCUT2D eigenvalue weighted by molar-refractivity contribution is 0.172. The van der Waals surface area contributed by atoms with Gasteiger partial charge >= 0.3 is 0 Å². The van der Waals surface area contributed by atoms with Crippen molar-refractivity contribution in [3.05, 3.63) is 144 Å². The number of nitrogens with one attached hydrogen (secondary N) is 1.